The van der Waals surface area contributed by atoms with Gasteiger partial charge in [0.1, 0.15) is 41.8 Å². The van der Waals surface area contributed by atoms with Crippen LogP contribution in [0.4, 0.5) is 13.2 Å². The Kier molecular flexibility index (Phi) is 27.6. The van der Waals surface area contributed by atoms with Crippen molar-refractivity contribution in [3.05, 3.63) is 34.3 Å². The largest absolute Gasteiger partial charge is 0.417 e. The van der Waals surface area contributed by atoms with Crippen LogP contribution in [0.5, 0.6) is 0 Å². The molecule has 2 saturated carbocycles. The van der Waals surface area contributed by atoms with Crippen LogP contribution in [0.1, 0.15) is 169 Å². The van der Waals surface area contributed by atoms with Crippen LogP contribution in [0.15, 0.2) is 18.2 Å². The van der Waals surface area contributed by atoms with Crippen LogP contribution in [0.25, 0.3) is 0 Å². The lowest BCUT2D eigenvalue weighted by molar-refractivity contribution is -0.150. The van der Waals surface area contributed by atoms with Crippen molar-refractivity contribution in [1.29, 1.82) is 0 Å². The smallest absolute Gasteiger partial charge is 0.351 e. The number of amides is 11. The molecule has 0 bridgehead atoms. The van der Waals surface area contributed by atoms with Gasteiger partial charge in [-0.1, -0.05) is 117 Å². The summed E-state index contributed by atoms with van der Waals surface area (Å²) in [5.41, 5.74) is -2.26. The second kappa shape index (κ2) is 33.4. The number of nitrogens with zero attached hydrogens (tertiary/aromatic N) is 7. The summed E-state index contributed by atoms with van der Waals surface area (Å²) in [6.45, 7) is 11.0. The van der Waals surface area contributed by atoms with E-state index in [1.54, 1.807) is 27.7 Å². The molecule has 2 aliphatic carbocycles. The first kappa shape index (κ1) is 75.2. The molecule has 11 amide bonds. The van der Waals surface area contributed by atoms with E-state index in [4.69, 9.17) is 11.6 Å². The molecule has 1 spiro atoms. The van der Waals surface area contributed by atoms with E-state index in [2.05, 4.69) is 21.3 Å². The quantitative estimate of drug-likeness (QED) is 0.226. The number of carbonyl (C=O) groups is 11. The van der Waals surface area contributed by atoms with Gasteiger partial charge in [-0.25, -0.2) is 0 Å². The molecule has 2 aliphatic heterocycles. The van der Waals surface area contributed by atoms with Gasteiger partial charge in [0.2, 0.25) is 65.0 Å². The minimum Gasteiger partial charge on any atom is -0.351 e. The Balaban J connectivity index is 1.55. The number of hydrogen-bond acceptors (Lipinski definition) is 11. The number of likely N-dealkylation sites (N-methyl/N-ethyl adjacent to an activating group) is 6. The van der Waals surface area contributed by atoms with Gasteiger partial charge >= 0.3 is 6.18 Å². The third kappa shape index (κ3) is 20.0. The Morgan fingerprint density at radius 2 is 1.25 bits per heavy atom. The Morgan fingerprint density at radius 1 is 0.648 bits per heavy atom. The fourth-order valence-corrected chi connectivity index (χ4v) is 13.5. The number of rotatable bonds is 10. The molecule has 0 aromatic heterocycles. The molecular formula is C65H101ClF3N11O11. The Hall–Kier alpha value is -6.53. The van der Waals surface area contributed by atoms with Crippen molar-refractivity contribution in [3.63, 3.8) is 0 Å². The average molecular weight is 1310 g/mol. The van der Waals surface area contributed by atoms with Crippen molar-refractivity contribution in [2.24, 2.45) is 23.7 Å². The zero-order valence-electron chi connectivity index (χ0n) is 55.8. The molecule has 2 saturated heterocycles. The normalized spacial score (nSPS) is 26.3. The second-order valence-electron chi connectivity index (χ2n) is 26.9. The predicted octanol–water partition coefficient (Wildman–Crippen LogP) is 5.55. The van der Waals surface area contributed by atoms with Crippen molar-refractivity contribution in [1.82, 2.24) is 55.6 Å². The molecule has 510 valence electrons. The van der Waals surface area contributed by atoms with E-state index < -0.39 is 161 Å². The predicted molar refractivity (Wildman–Crippen MR) is 337 cm³/mol. The van der Waals surface area contributed by atoms with Gasteiger partial charge in [0.15, 0.2) is 0 Å². The number of aryl methyl sites for hydroxylation is 1. The van der Waals surface area contributed by atoms with E-state index in [0.29, 0.717) is 31.2 Å². The lowest BCUT2D eigenvalue weighted by Crippen LogP contribution is -2.66. The average Bonchev–Trinajstić information content (AvgIpc) is 1.81. The Bertz CT molecular complexity index is 2780. The number of fused-ring (bicyclic) bond motifs is 1. The maximum absolute atomic E-state index is 15.1. The number of carbonyl (C=O) groups excluding carboxylic acids is 11. The van der Waals surface area contributed by atoms with Crippen LogP contribution in [-0.4, -0.2) is 216 Å². The number of nitrogens with one attached hydrogen (secondary N) is 4. The molecule has 26 heteroatoms. The van der Waals surface area contributed by atoms with Gasteiger partial charge in [-0.05, 0) is 99.7 Å². The molecule has 0 radical (unpaired) electrons. The minimum absolute atomic E-state index is 0.0333. The molecule has 4 N–H and O–H groups in total. The third-order valence-corrected chi connectivity index (χ3v) is 19.2. The van der Waals surface area contributed by atoms with Crippen molar-refractivity contribution in [2.45, 2.75) is 218 Å². The Morgan fingerprint density at radius 3 is 1.85 bits per heavy atom. The summed E-state index contributed by atoms with van der Waals surface area (Å²) in [5, 5.41) is 11.0. The van der Waals surface area contributed by atoms with E-state index in [1.807, 2.05) is 20.8 Å². The first-order valence-corrected chi connectivity index (χ1v) is 32.9. The summed E-state index contributed by atoms with van der Waals surface area (Å²) < 4.78 is 41.3. The van der Waals surface area contributed by atoms with Crippen molar-refractivity contribution >= 4 is 76.6 Å². The van der Waals surface area contributed by atoms with Crippen molar-refractivity contribution < 1.29 is 65.9 Å². The number of halogens is 4. The second-order valence-corrected chi connectivity index (χ2v) is 27.3. The summed E-state index contributed by atoms with van der Waals surface area (Å²) in [6.07, 6.45) is 2.81. The van der Waals surface area contributed by atoms with Gasteiger partial charge in [-0.3, -0.25) is 52.7 Å². The molecule has 4 aliphatic rings. The number of benzene rings is 1. The molecule has 2 heterocycles. The number of hydrogen-bond donors (Lipinski definition) is 4. The standard InChI is InChI=1S/C65H101ClF3N11O11/c1-14-41(6)55-62(90)76(10)37-53(83)74(8)38-54(84)78(12)50(35-43-22-17-15-18-23-43)61(89)75(9)36-51(81)71-47(28-26-44-25-27-45(46(66)34-44)65(67,68)69)60(88)80-31-21-24-48(80)58(86)73-64(29-19-16-20-30-64)63(91)79(13)56(40(4)5)59(87)70-42(7)33-52(82)77(11)49(32-39(2)3)57(85)72-55/h25,27,34,39-43,47-50,55-56H,14-24,26,28-33,35-38H2,1-13H3,(H,70,87)(H,71,81)(H,72,85)(H,73,86)/t41-,42+,47-,48?,49-,50-,55-,56-/m0/s1. The van der Waals surface area contributed by atoms with E-state index in [-0.39, 0.29) is 69.7 Å². The summed E-state index contributed by atoms with van der Waals surface area (Å²) in [4.78, 5) is 168. The maximum Gasteiger partial charge on any atom is 0.417 e. The summed E-state index contributed by atoms with van der Waals surface area (Å²) in [5.74, 6) is -7.79. The van der Waals surface area contributed by atoms with E-state index >= 15 is 9.59 Å². The first-order valence-electron chi connectivity index (χ1n) is 32.5. The summed E-state index contributed by atoms with van der Waals surface area (Å²) in [7, 11) is 8.57. The fourth-order valence-electron chi connectivity index (χ4n) is 13.2. The van der Waals surface area contributed by atoms with Gasteiger partial charge in [0, 0.05) is 61.3 Å². The fraction of sp³-hybridized carbons (Fsp3) is 0.738. The SMILES string of the molecule is CC[C@H](C)[C@@H]1NC(=O)[C@H](CC(C)C)N(C)C(=O)C[C@@H](C)NC(=O)[C@H](C(C)C)N(C)C(=O)C2(CCCCC2)NC(=O)C2CCCN2C(=O)[C@H](CCc2ccc(C(F)(F)F)c(Cl)c2)NC(=O)CN(C)C(=O)[C@H](CC2CCCCC2)N(C)C(=O)CN(C)C(=O)CN(C)C1=O. The highest BCUT2D eigenvalue weighted by atomic mass is 35.5. The molecule has 5 rings (SSSR count). The summed E-state index contributed by atoms with van der Waals surface area (Å²) in [6, 6.07) is -4.59. The van der Waals surface area contributed by atoms with Crippen LogP contribution < -0.4 is 21.3 Å². The summed E-state index contributed by atoms with van der Waals surface area (Å²) >= 11 is 6.12. The van der Waals surface area contributed by atoms with Crippen LogP contribution in [0.3, 0.4) is 0 Å². The third-order valence-electron chi connectivity index (χ3n) is 18.9. The van der Waals surface area contributed by atoms with Crippen molar-refractivity contribution in [3.8, 4) is 0 Å². The maximum atomic E-state index is 15.1. The molecule has 1 aromatic carbocycles. The van der Waals surface area contributed by atoms with Crippen molar-refractivity contribution in [2.75, 3.05) is 68.5 Å². The minimum atomic E-state index is -4.74. The zero-order valence-corrected chi connectivity index (χ0v) is 56.5. The van der Waals surface area contributed by atoms with Gasteiger partial charge < -0.3 is 55.6 Å². The van der Waals surface area contributed by atoms with Crippen LogP contribution >= 0.6 is 11.6 Å². The Labute approximate surface area is 540 Å². The monoisotopic (exact) mass is 1300 g/mol. The molecular weight excluding hydrogens is 1200 g/mol. The van der Waals surface area contributed by atoms with E-state index in [1.165, 1.54) is 68.0 Å². The van der Waals surface area contributed by atoms with E-state index in [9.17, 15) is 56.3 Å². The van der Waals surface area contributed by atoms with Gasteiger partial charge in [-0.2, -0.15) is 13.2 Å². The molecule has 1 aromatic rings. The van der Waals surface area contributed by atoms with Crippen LogP contribution in [0, 0.1) is 23.7 Å². The first-order chi connectivity index (χ1) is 42.6. The van der Waals surface area contributed by atoms with Crippen LogP contribution in [0.2, 0.25) is 5.02 Å². The highest BCUT2D eigenvalue weighted by Crippen LogP contribution is 2.36. The molecule has 22 nitrogen and oxygen atoms in total. The zero-order chi connectivity index (χ0) is 68.0. The lowest BCUT2D eigenvalue weighted by Gasteiger charge is -2.43. The topological polar surface area (TPSA) is 259 Å². The molecule has 91 heavy (non-hydrogen) atoms. The molecule has 8 atom stereocenters. The molecule has 1 unspecified atom stereocenters. The van der Waals surface area contributed by atoms with Gasteiger partial charge in [-0.15, -0.1) is 0 Å². The van der Waals surface area contributed by atoms with Gasteiger partial charge in [0.05, 0.1) is 30.2 Å². The highest BCUT2D eigenvalue weighted by molar-refractivity contribution is 6.31. The highest BCUT2D eigenvalue weighted by Gasteiger charge is 2.49. The molecule has 4 fully saturated rings. The van der Waals surface area contributed by atoms with Gasteiger partial charge in [0.25, 0.3) is 0 Å². The lowest BCUT2D eigenvalue weighted by atomic mass is 9.79. The van der Waals surface area contributed by atoms with E-state index in [0.717, 1.165) is 65.4 Å². The van der Waals surface area contributed by atoms with Crippen LogP contribution in [-0.2, 0) is 65.3 Å². The number of alkyl halides is 3.